The molecule has 1 atom stereocenters. The largest absolute Gasteiger partial charge is 0.464 e. The summed E-state index contributed by atoms with van der Waals surface area (Å²) in [6.45, 7) is 3.80. The molecule has 1 N–H and O–H groups in total. The fourth-order valence-electron chi connectivity index (χ4n) is 1.98. The van der Waals surface area contributed by atoms with Crippen LogP contribution >= 0.6 is 11.6 Å². The first-order chi connectivity index (χ1) is 8.97. The van der Waals surface area contributed by atoms with Gasteiger partial charge >= 0.3 is 5.97 Å². The second-order valence-electron chi connectivity index (χ2n) is 4.89. The second-order valence-corrected chi connectivity index (χ2v) is 5.30. The third kappa shape index (κ3) is 3.07. The van der Waals surface area contributed by atoms with Gasteiger partial charge in [0.2, 0.25) is 0 Å². The Balaban J connectivity index is 2.34. The number of ether oxygens (including phenoxy) is 1. The zero-order valence-corrected chi connectivity index (χ0v) is 11.8. The third-order valence-electron chi connectivity index (χ3n) is 3.25. The summed E-state index contributed by atoms with van der Waals surface area (Å²) >= 11 is 5.80. The van der Waals surface area contributed by atoms with Gasteiger partial charge in [-0.3, -0.25) is 5.32 Å². The standard InChI is InChI=1S/C14H17ClFNO2/c1-3-19-13(18)14(2,17-10-5-6-10)9-4-7-12(16)11(15)8-9/h4,7-8,10,17H,3,5-6H2,1-2H3. The van der Waals surface area contributed by atoms with Crippen LogP contribution in [0, 0.1) is 5.82 Å². The Hall–Kier alpha value is -1.13. The fourth-order valence-corrected chi connectivity index (χ4v) is 2.16. The van der Waals surface area contributed by atoms with Crippen LogP contribution < -0.4 is 5.32 Å². The lowest BCUT2D eigenvalue weighted by Gasteiger charge is -2.29. The van der Waals surface area contributed by atoms with E-state index in [1.807, 2.05) is 0 Å². The summed E-state index contributed by atoms with van der Waals surface area (Å²) in [4.78, 5) is 12.2. The van der Waals surface area contributed by atoms with Crippen molar-refractivity contribution in [1.29, 1.82) is 0 Å². The Morgan fingerprint density at radius 2 is 2.26 bits per heavy atom. The van der Waals surface area contributed by atoms with Crippen LogP contribution in [0.4, 0.5) is 4.39 Å². The monoisotopic (exact) mass is 285 g/mol. The van der Waals surface area contributed by atoms with E-state index in [9.17, 15) is 9.18 Å². The lowest BCUT2D eigenvalue weighted by atomic mass is 9.91. The lowest BCUT2D eigenvalue weighted by molar-refractivity contribution is -0.151. The summed E-state index contributed by atoms with van der Waals surface area (Å²) in [5.41, 5.74) is -0.377. The molecule has 3 nitrogen and oxygen atoms in total. The molecule has 2 rings (SSSR count). The quantitative estimate of drug-likeness (QED) is 0.845. The normalized spacial score (nSPS) is 17.9. The number of nitrogens with one attached hydrogen (secondary N) is 1. The van der Waals surface area contributed by atoms with Gasteiger partial charge in [-0.1, -0.05) is 17.7 Å². The van der Waals surface area contributed by atoms with Gasteiger partial charge in [-0.25, -0.2) is 9.18 Å². The van der Waals surface area contributed by atoms with E-state index >= 15 is 0 Å². The summed E-state index contributed by atoms with van der Waals surface area (Å²) in [7, 11) is 0. The molecule has 0 radical (unpaired) electrons. The smallest absolute Gasteiger partial charge is 0.330 e. The van der Waals surface area contributed by atoms with Crippen LogP contribution in [0.25, 0.3) is 0 Å². The summed E-state index contributed by atoms with van der Waals surface area (Å²) in [5.74, 6) is -0.868. The minimum Gasteiger partial charge on any atom is -0.464 e. The van der Waals surface area contributed by atoms with Crippen molar-refractivity contribution in [3.05, 3.63) is 34.6 Å². The number of benzene rings is 1. The highest BCUT2D eigenvalue weighted by Crippen LogP contribution is 2.31. The maximum atomic E-state index is 13.2. The van der Waals surface area contributed by atoms with E-state index < -0.39 is 11.4 Å². The predicted octanol–water partition coefficient (Wildman–Crippen LogP) is 3.01. The highest BCUT2D eigenvalue weighted by atomic mass is 35.5. The van der Waals surface area contributed by atoms with Crippen LogP contribution in [-0.2, 0) is 15.1 Å². The number of carbonyl (C=O) groups is 1. The Labute approximate surface area is 117 Å². The number of rotatable bonds is 5. The van der Waals surface area contributed by atoms with Crippen molar-refractivity contribution >= 4 is 17.6 Å². The summed E-state index contributed by atoms with van der Waals surface area (Å²) in [6, 6.07) is 4.61. The number of hydrogen-bond donors (Lipinski definition) is 1. The molecule has 1 aliphatic rings. The number of hydrogen-bond acceptors (Lipinski definition) is 3. The molecule has 1 fully saturated rings. The van der Waals surface area contributed by atoms with Crippen molar-refractivity contribution in [1.82, 2.24) is 5.32 Å². The molecule has 0 heterocycles. The average molecular weight is 286 g/mol. The molecule has 0 aliphatic heterocycles. The molecule has 0 spiro atoms. The maximum absolute atomic E-state index is 13.2. The van der Waals surface area contributed by atoms with E-state index in [4.69, 9.17) is 16.3 Å². The van der Waals surface area contributed by atoms with E-state index in [0.29, 0.717) is 18.2 Å². The molecule has 1 aliphatic carbocycles. The van der Waals surface area contributed by atoms with Crippen LogP contribution in [0.2, 0.25) is 5.02 Å². The molecule has 5 heteroatoms. The van der Waals surface area contributed by atoms with E-state index in [2.05, 4.69) is 5.32 Å². The number of esters is 1. The van der Waals surface area contributed by atoms with Gasteiger partial charge in [0, 0.05) is 6.04 Å². The summed E-state index contributed by atoms with van der Waals surface area (Å²) in [5, 5.41) is 3.26. The summed E-state index contributed by atoms with van der Waals surface area (Å²) in [6.07, 6.45) is 2.06. The molecule has 104 valence electrons. The molecular weight excluding hydrogens is 269 g/mol. The first-order valence-corrected chi connectivity index (χ1v) is 6.75. The van der Waals surface area contributed by atoms with Gasteiger partial charge in [0.1, 0.15) is 11.4 Å². The highest BCUT2D eigenvalue weighted by Gasteiger charge is 2.41. The van der Waals surface area contributed by atoms with Gasteiger partial charge in [-0.2, -0.15) is 0 Å². The van der Waals surface area contributed by atoms with Gasteiger partial charge in [0.05, 0.1) is 11.6 Å². The minimum atomic E-state index is -0.992. The van der Waals surface area contributed by atoms with Crippen LogP contribution in [0.3, 0.4) is 0 Å². The van der Waals surface area contributed by atoms with E-state index in [1.165, 1.54) is 12.1 Å². The van der Waals surface area contributed by atoms with Gasteiger partial charge in [0.25, 0.3) is 0 Å². The van der Waals surface area contributed by atoms with Crippen molar-refractivity contribution in [3.63, 3.8) is 0 Å². The van der Waals surface area contributed by atoms with Gasteiger partial charge in [-0.15, -0.1) is 0 Å². The number of carbonyl (C=O) groups excluding carboxylic acids is 1. The second kappa shape index (κ2) is 5.47. The molecule has 0 bridgehead atoms. The Morgan fingerprint density at radius 3 is 2.79 bits per heavy atom. The summed E-state index contributed by atoms with van der Waals surface area (Å²) < 4.78 is 18.4. The average Bonchev–Trinajstić information content (AvgIpc) is 3.16. The Kier molecular flexibility index (Phi) is 4.11. The van der Waals surface area contributed by atoms with Crippen LogP contribution in [0.15, 0.2) is 18.2 Å². The molecule has 1 saturated carbocycles. The van der Waals surface area contributed by atoms with Crippen molar-refractivity contribution in [2.75, 3.05) is 6.61 Å². The first-order valence-electron chi connectivity index (χ1n) is 6.38. The minimum absolute atomic E-state index is 0.00520. The zero-order valence-electron chi connectivity index (χ0n) is 11.0. The van der Waals surface area contributed by atoms with Crippen molar-refractivity contribution in [2.45, 2.75) is 38.3 Å². The Morgan fingerprint density at radius 1 is 1.58 bits per heavy atom. The van der Waals surface area contributed by atoms with Gasteiger partial charge < -0.3 is 4.74 Å². The maximum Gasteiger partial charge on any atom is 0.330 e. The van der Waals surface area contributed by atoms with E-state index in [0.717, 1.165) is 12.8 Å². The van der Waals surface area contributed by atoms with Crippen LogP contribution in [0.1, 0.15) is 32.3 Å². The van der Waals surface area contributed by atoms with Crippen molar-refractivity contribution in [2.24, 2.45) is 0 Å². The third-order valence-corrected chi connectivity index (χ3v) is 3.54. The number of halogens is 2. The predicted molar refractivity (Wildman–Crippen MR) is 71.6 cm³/mol. The van der Waals surface area contributed by atoms with Gasteiger partial charge in [-0.05, 0) is 44.4 Å². The molecule has 1 unspecified atom stereocenters. The van der Waals surface area contributed by atoms with Crippen molar-refractivity contribution in [3.8, 4) is 0 Å². The molecule has 0 aromatic heterocycles. The van der Waals surface area contributed by atoms with E-state index in [-0.39, 0.29) is 11.0 Å². The van der Waals surface area contributed by atoms with E-state index in [1.54, 1.807) is 19.9 Å². The molecule has 0 saturated heterocycles. The highest BCUT2D eigenvalue weighted by molar-refractivity contribution is 6.30. The lowest BCUT2D eigenvalue weighted by Crippen LogP contribution is -2.48. The van der Waals surface area contributed by atoms with Gasteiger partial charge in [0.15, 0.2) is 0 Å². The SMILES string of the molecule is CCOC(=O)C(C)(NC1CC1)c1ccc(F)c(Cl)c1. The fraction of sp³-hybridized carbons (Fsp3) is 0.500. The van der Waals surface area contributed by atoms with Crippen LogP contribution in [-0.4, -0.2) is 18.6 Å². The Bertz CT molecular complexity index is 490. The van der Waals surface area contributed by atoms with Crippen molar-refractivity contribution < 1.29 is 13.9 Å². The molecule has 0 amide bonds. The molecular formula is C14H17ClFNO2. The molecule has 1 aromatic rings. The van der Waals surface area contributed by atoms with Crippen LogP contribution in [0.5, 0.6) is 0 Å². The molecule has 1 aromatic carbocycles. The topological polar surface area (TPSA) is 38.3 Å². The molecule has 19 heavy (non-hydrogen) atoms. The zero-order chi connectivity index (χ0) is 14.0. The first kappa shape index (κ1) is 14.3.